The normalized spacial score (nSPS) is 17.8. The number of anilines is 3. The molecule has 0 aromatic heterocycles. The summed E-state index contributed by atoms with van der Waals surface area (Å²) in [4.78, 5) is 13.9. The van der Waals surface area contributed by atoms with Gasteiger partial charge in [0.15, 0.2) is 11.0 Å². The Kier molecular flexibility index (Phi) is 6.16. The van der Waals surface area contributed by atoms with Gasteiger partial charge in [-0.2, -0.15) is 5.26 Å². The molecule has 0 amide bonds. The summed E-state index contributed by atoms with van der Waals surface area (Å²) in [5, 5.41) is 18.5. The van der Waals surface area contributed by atoms with Crippen molar-refractivity contribution in [3.63, 3.8) is 0 Å². The van der Waals surface area contributed by atoms with Crippen molar-refractivity contribution in [3.05, 3.63) is 83.7 Å². The van der Waals surface area contributed by atoms with Gasteiger partial charge < -0.3 is 10.0 Å². The summed E-state index contributed by atoms with van der Waals surface area (Å²) < 4.78 is 29.1. The van der Waals surface area contributed by atoms with Gasteiger partial charge in [-0.25, -0.2) is 8.60 Å². The molecule has 0 bridgehead atoms. The molecule has 1 aliphatic heterocycles. The Morgan fingerprint density at radius 1 is 1.15 bits per heavy atom. The van der Waals surface area contributed by atoms with E-state index < -0.39 is 28.7 Å². The van der Waals surface area contributed by atoms with Crippen LogP contribution in [0.3, 0.4) is 0 Å². The maximum absolute atomic E-state index is 13.9. The van der Waals surface area contributed by atoms with Crippen LogP contribution in [0.15, 0.2) is 71.6 Å². The van der Waals surface area contributed by atoms with E-state index in [-0.39, 0.29) is 12.5 Å². The number of benzene rings is 3. The standard InChI is InChI=1S/C25H22FN3O3S/c1-16-22(14-25(30)31)23-13-18(26)6-11-24(23)29(16)33(32)21-9-7-19(8-10-21)28(2)20-5-3-4-17(12-20)15-27/h3-13,16,22H,14H2,1-2H3,(H,30,31). The molecule has 1 N–H and O–H groups in total. The molecule has 3 atom stereocenters. The minimum atomic E-state index is -1.61. The highest BCUT2D eigenvalue weighted by molar-refractivity contribution is 7.86. The van der Waals surface area contributed by atoms with E-state index in [4.69, 9.17) is 5.26 Å². The molecule has 3 aromatic carbocycles. The number of carbonyl (C=O) groups is 1. The minimum Gasteiger partial charge on any atom is -0.481 e. The van der Waals surface area contributed by atoms with Gasteiger partial charge in [-0.05, 0) is 73.2 Å². The number of nitriles is 1. The Morgan fingerprint density at radius 2 is 1.88 bits per heavy atom. The zero-order valence-electron chi connectivity index (χ0n) is 18.1. The molecule has 3 aromatic rings. The van der Waals surface area contributed by atoms with E-state index in [9.17, 15) is 18.5 Å². The summed E-state index contributed by atoms with van der Waals surface area (Å²) in [6, 6.07) is 20.4. The monoisotopic (exact) mass is 463 g/mol. The van der Waals surface area contributed by atoms with Crippen molar-refractivity contribution >= 4 is 34.0 Å². The zero-order chi connectivity index (χ0) is 23.7. The van der Waals surface area contributed by atoms with Crippen LogP contribution in [0.1, 0.15) is 30.4 Å². The lowest BCUT2D eigenvalue weighted by Gasteiger charge is -2.26. The number of halogens is 1. The van der Waals surface area contributed by atoms with Gasteiger partial charge in [0.25, 0.3) is 0 Å². The highest BCUT2D eigenvalue weighted by Crippen LogP contribution is 2.45. The average Bonchev–Trinajstić information content (AvgIpc) is 3.08. The van der Waals surface area contributed by atoms with Gasteiger partial charge in [0.05, 0.1) is 28.6 Å². The summed E-state index contributed by atoms with van der Waals surface area (Å²) in [7, 11) is 0.274. The number of rotatable bonds is 6. The minimum absolute atomic E-state index is 0.170. The predicted molar refractivity (Wildman–Crippen MR) is 125 cm³/mol. The van der Waals surface area contributed by atoms with E-state index in [0.717, 1.165) is 11.4 Å². The fraction of sp³-hybridized carbons (Fsp3) is 0.200. The Balaban J connectivity index is 1.62. The van der Waals surface area contributed by atoms with Crippen LogP contribution in [0, 0.1) is 17.1 Å². The van der Waals surface area contributed by atoms with Crippen LogP contribution in [0.2, 0.25) is 0 Å². The molecule has 0 aliphatic carbocycles. The molecule has 0 spiro atoms. The van der Waals surface area contributed by atoms with Crippen molar-refractivity contribution in [2.45, 2.75) is 30.2 Å². The Bertz CT molecular complexity index is 1270. The molecule has 33 heavy (non-hydrogen) atoms. The topological polar surface area (TPSA) is 84.6 Å². The number of aliphatic carboxylic acids is 1. The average molecular weight is 464 g/mol. The summed E-state index contributed by atoms with van der Waals surface area (Å²) in [6.07, 6.45) is -0.170. The molecule has 0 radical (unpaired) electrons. The first-order valence-electron chi connectivity index (χ1n) is 10.4. The highest BCUT2D eigenvalue weighted by atomic mass is 32.2. The van der Waals surface area contributed by atoms with E-state index in [1.54, 1.807) is 34.6 Å². The highest BCUT2D eigenvalue weighted by Gasteiger charge is 2.40. The Labute approximate surface area is 194 Å². The summed E-state index contributed by atoms with van der Waals surface area (Å²) in [5.41, 5.74) is 3.41. The summed E-state index contributed by atoms with van der Waals surface area (Å²) in [5.74, 6) is -1.89. The van der Waals surface area contributed by atoms with Gasteiger partial charge in [-0.1, -0.05) is 6.07 Å². The fourth-order valence-electron chi connectivity index (χ4n) is 4.21. The van der Waals surface area contributed by atoms with Crippen LogP contribution in [-0.4, -0.2) is 28.4 Å². The number of fused-ring (bicyclic) bond motifs is 1. The van der Waals surface area contributed by atoms with Crippen molar-refractivity contribution in [2.24, 2.45) is 0 Å². The fourth-order valence-corrected chi connectivity index (χ4v) is 5.60. The van der Waals surface area contributed by atoms with E-state index in [2.05, 4.69) is 6.07 Å². The van der Waals surface area contributed by atoms with Gasteiger partial charge >= 0.3 is 5.97 Å². The molecule has 1 heterocycles. The number of nitrogens with zero attached hydrogens (tertiary/aromatic N) is 3. The van der Waals surface area contributed by atoms with Gasteiger partial charge in [0.2, 0.25) is 0 Å². The third-order valence-corrected chi connectivity index (χ3v) is 7.50. The molecule has 0 fully saturated rings. The molecular formula is C25H22FN3O3S. The van der Waals surface area contributed by atoms with Crippen LogP contribution in [0.4, 0.5) is 21.5 Å². The Hall–Kier alpha value is -3.70. The quantitative estimate of drug-likeness (QED) is 0.559. The third-order valence-electron chi connectivity index (χ3n) is 5.94. The summed E-state index contributed by atoms with van der Waals surface area (Å²) >= 11 is 0. The van der Waals surface area contributed by atoms with Crippen LogP contribution in [0.25, 0.3) is 0 Å². The molecule has 0 saturated carbocycles. The predicted octanol–water partition coefficient (Wildman–Crippen LogP) is 4.95. The third kappa shape index (κ3) is 4.32. The lowest BCUT2D eigenvalue weighted by atomic mass is 9.93. The van der Waals surface area contributed by atoms with E-state index in [1.807, 2.05) is 43.1 Å². The first-order chi connectivity index (χ1) is 15.8. The maximum atomic E-state index is 13.9. The first kappa shape index (κ1) is 22.5. The molecule has 3 unspecified atom stereocenters. The lowest BCUT2D eigenvalue weighted by molar-refractivity contribution is -0.137. The number of carboxylic acids is 1. The second-order valence-electron chi connectivity index (χ2n) is 7.94. The zero-order valence-corrected chi connectivity index (χ0v) is 18.9. The van der Waals surface area contributed by atoms with Gasteiger partial charge in [0, 0.05) is 30.4 Å². The SMILES string of the molecule is CC1C(CC(=O)O)c2cc(F)ccc2N1S(=O)c1ccc(N(C)c2cccc(C#N)c2)cc1. The van der Waals surface area contributed by atoms with Crippen molar-refractivity contribution in [2.75, 3.05) is 16.3 Å². The number of hydrogen-bond donors (Lipinski definition) is 1. The maximum Gasteiger partial charge on any atom is 0.304 e. The second kappa shape index (κ2) is 9.04. The first-order valence-corrected chi connectivity index (χ1v) is 11.5. The van der Waals surface area contributed by atoms with Crippen LogP contribution >= 0.6 is 0 Å². The largest absolute Gasteiger partial charge is 0.481 e. The van der Waals surface area contributed by atoms with Crippen molar-refractivity contribution in [1.82, 2.24) is 0 Å². The molecule has 4 rings (SSSR count). The second-order valence-corrected chi connectivity index (χ2v) is 9.30. The van der Waals surface area contributed by atoms with Crippen LogP contribution < -0.4 is 9.21 Å². The van der Waals surface area contributed by atoms with Crippen molar-refractivity contribution in [3.8, 4) is 6.07 Å². The smallest absolute Gasteiger partial charge is 0.304 e. The number of carboxylic acid groups (broad SMARTS) is 1. The summed E-state index contributed by atoms with van der Waals surface area (Å²) in [6.45, 7) is 1.81. The molecular weight excluding hydrogens is 441 g/mol. The molecule has 6 nitrogen and oxygen atoms in total. The van der Waals surface area contributed by atoms with Gasteiger partial charge in [-0.3, -0.25) is 9.10 Å². The van der Waals surface area contributed by atoms with E-state index >= 15 is 0 Å². The molecule has 0 saturated heterocycles. The number of hydrogen-bond acceptors (Lipinski definition) is 4. The Morgan fingerprint density at radius 3 is 2.55 bits per heavy atom. The van der Waals surface area contributed by atoms with E-state index in [1.165, 1.54) is 12.1 Å². The molecule has 168 valence electrons. The molecule has 8 heteroatoms. The van der Waals surface area contributed by atoms with Crippen LogP contribution in [0.5, 0.6) is 0 Å². The van der Waals surface area contributed by atoms with Crippen molar-refractivity contribution < 1.29 is 18.5 Å². The van der Waals surface area contributed by atoms with Crippen LogP contribution in [-0.2, 0) is 15.8 Å². The van der Waals surface area contributed by atoms with Gasteiger partial charge in [0.1, 0.15) is 5.82 Å². The van der Waals surface area contributed by atoms with Crippen molar-refractivity contribution in [1.29, 1.82) is 5.26 Å². The van der Waals surface area contributed by atoms with Gasteiger partial charge in [-0.15, -0.1) is 0 Å². The lowest BCUT2D eigenvalue weighted by Crippen LogP contribution is -2.34. The molecule has 1 aliphatic rings. The van der Waals surface area contributed by atoms with E-state index in [0.29, 0.717) is 21.7 Å².